The van der Waals surface area contributed by atoms with Gasteiger partial charge in [-0.1, -0.05) is 48.5 Å². The van der Waals surface area contributed by atoms with Gasteiger partial charge in [-0.05, 0) is 55.5 Å². The number of hydrogen-bond acceptors (Lipinski definition) is 5. The number of nitrogens with one attached hydrogen (secondary N) is 1. The van der Waals surface area contributed by atoms with Gasteiger partial charge in [-0.2, -0.15) is 0 Å². The predicted molar refractivity (Wildman–Crippen MR) is 137 cm³/mol. The number of imide groups is 1. The van der Waals surface area contributed by atoms with E-state index >= 15 is 0 Å². The molecule has 0 radical (unpaired) electrons. The SMILES string of the molecule is O=C(O)[C@@H]1[C@@H](CC2CCNCC2)C(=O)N1C(=O)N1CCN(C(=O)c2ccccc2-c2ccccc2)CC1. The molecule has 0 saturated carbocycles. The van der Waals surface area contributed by atoms with E-state index in [0.717, 1.165) is 42.0 Å². The molecule has 0 aromatic heterocycles. The van der Waals surface area contributed by atoms with Crippen LogP contribution in [0.3, 0.4) is 0 Å². The van der Waals surface area contributed by atoms with E-state index in [-0.39, 0.29) is 19.0 Å². The smallest absolute Gasteiger partial charge is 0.327 e. The number of carbonyl (C=O) groups excluding carboxylic acids is 3. The summed E-state index contributed by atoms with van der Waals surface area (Å²) >= 11 is 0. The van der Waals surface area contributed by atoms with E-state index in [1.807, 2.05) is 48.5 Å². The Morgan fingerprint density at radius 3 is 2.16 bits per heavy atom. The van der Waals surface area contributed by atoms with Crippen molar-refractivity contribution in [2.75, 3.05) is 39.3 Å². The van der Waals surface area contributed by atoms with Crippen LogP contribution in [0.15, 0.2) is 54.6 Å². The number of piperazine rings is 1. The summed E-state index contributed by atoms with van der Waals surface area (Å²) in [5.74, 6) is -2.01. The van der Waals surface area contributed by atoms with Crippen molar-refractivity contribution in [1.29, 1.82) is 0 Å². The lowest BCUT2D eigenvalue weighted by Gasteiger charge is -2.47. The van der Waals surface area contributed by atoms with Crippen molar-refractivity contribution in [1.82, 2.24) is 20.0 Å². The van der Waals surface area contributed by atoms with Gasteiger partial charge < -0.3 is 20.2 Å². The molecule has 2 aromatic rings. The molecule has 4 amide bonds. The van der Waals surface area contributed by atoms with Crippen molar-refractivity contribution in [3.8, 4) is 11.1 Å². The van der Waals surface area contributed by atoms with Crippen molar-refractivity contribution in [2.45, 2.75) is 25.3 Å². The van der Waals surface area contributed by atoms with E-state index in [2.05, 4.69) is 5.32 Å². The van der Waals surface area contributed by atoms with E-state index in [1.165, 1.54) is 4.90 Å². The normalized spacial score (nSPS) is 22.5. The van der Waals surface area contributed by atoms with Crippen LogP contribution in [-0.2, 0) is 9.59 Å². The number of hydrogen-bond donors (Lipinski definition) is 2. The summed E-state index contributed by atoms with van der Waals surface area (Å²) in [5.41, 5.74) is 2.40. The molecule has 2 atom stereocenters. The van der Waals surface area contributed by atoms with Crippen molar-refractivity contribution >= 4 is 23.8 Å². The number of benzene rings is 2. The summed E-state index contributed by atoms with van der Waals surface area (Å²) in [6.45, 7) is 2.84. The maximum absolute atomic E-state index is 13.4. The van der Waals surface area contributed by atoms with Crippen LogP contribution in [-0.4, -0.2) is 88.9 Å². The van der Waals surface area contributed by atoms with E-state index in [9.17, 15) is 24.3 Å². The van der Waals surface area contributed by atoms with Crippen molar-refractivity contribution in [3.63, 3.8) is 0 Å². The Kier molecular flexibility index (Phi) is 7.23. The molecular weight excluding hydrogens is 472 g/mol. The molecule has 9 nitrogen and oxygen atoms in total. The highest BCUT2D eigenvalue weighted by atomic mass is 16.4. The standard InChI is InChI=1S/C28H32N4O5/c33-25(22-9-5-4-8-21(22)20-6-2-1-3-7-20)30-14-16-31(17-15-30)28(37)32-24(27(35)36)23(26(32)34)18-19-10-12-29-13-11-19/h1-9,19,23-24,29H,10-18H2,(H,35,36)/t23-,24+/m1/s1. The summed E-state index contributed by atoms with van der Waals surface area (Å²) in [4.78, 5) is 55.6. The lowest BCUT2D eigenvalue weighted by atomic mass is 9.78. The number of carbonyl (C=O) groups is 4. The number of aliphatic carboxylic acids is 1. The minimum absolute atomic E-state index is 0.114. The first kappa shape index (κ1) is 25.0. The molecule has 0 spiro atoms. The number of amides is 4. The average molecular weight is 505 g/mol. The van der Waals surface area contributed by atoms with Crippen LogP contribution in [0.4, 0.5) is 4.79 Å². The van der Waals surface area contributed by atoms with Crippen molar-refractivity contribution in [3.05, 3.63) is 60.2 Å². The van der Waals surface area contributed by atoms with E-state index in [4.69, 9.17) is 0 Å². The Morgan fingerprint density at radius 2 is 1.49 bits per heavy atom. The average Bonchev–Trinajstić information content (AvgIpc) is 2.94. The van der Waals surface area contributed by atoms with Crippen LogP contribution >= 0.6 is 0 Å². The van der Waals surface area contributed by atoms with Gasteiger partial charge in [0.05, 0.1) is 5.92 Å². The number of carboxylic acids is 1. The predicted octanol–water partition coefficient (Wildman–Crippen LogP) is 2.53. The minimum Gasteiger partial charge on any atom is -0.480 e. The van der Waals surface area contributed by atoms with Gasteiger partial charge in [-0.3, -0.25) is 9.59 Å². The maximum atomic E-state index is 13.4. The molecule has 2 aromatic carbocycles. The lowest BCUT2D eigenvalue weighted by molar-refractivity contribution is -0.167. The number of β-lactam (4-membered cyclic amide) rings is 1. The van der Waals surface area contributed by atoms with Gasteiger partial charge in [0.2, 0.25) is 5.91 Å². The van der Waals surface area contributed by atoms with Gasteiger partial charge >= 0.3 is 12.0 Å². The number of nitrogens with zero attached hydrogens (tertiary/aromatic N) is 3. The van der Waals surface area contributed by atoms with Gasteiger partial charge in [0.1, 0.15) is 0 Å². The maximum Gasteiger partial charge on any atom is 0.327 e. The summed E-state index contributed by atoms with van der Waals surface area (Å²) in [6.07, 6.45) is 2.32. The molecular formula is C28H32N4O5. The minimum atomic E-state index is -1.14. The highest BCUT2D eigenvalue weighted by molar-refractivity contribution is 6.07. The number of piperidine rings is 1. The van der Waals surface area contributed by atoms with Gasteiger partial charge in [0, 0.05) is 31.7 Å². The molecule has 3 saturated heterocycles. The fourth-order valence-electron chi connectivity index (χ4n) is 5.71. The Bertz CT molecular complexity index is 1170. The second-order valence-electron chi connectivity index (χ2n) is 10.0. The van der Waals surface area contributed by atoms with Gasteiger partial charge in [0.25, 0.3) is 5.91 Å². The van der Waals surface area contributed by atoms with Gasteiger partial charge in [-0.15, -0.1) is 0 Å². The Balaban J connectivity index is 1.22. The molecule has 3 fully saturated rings. The molecule has 3 heterocycles. The zero-order chi connectivity index (χ0) is 25.9. The van der Waals surface area contributed by atoms with Crippen LogP contribution in [0.2, 0.25) is 0 Å². The van der Waals surface area contributed by atoms with Crippen LogP contribution in [0.25, 0.3) is 11.1 Å². The molecule has 37 heavy (non-hydrogen) atoms. The summed E-state index contributed by atoms with van der Waals surface area (Å²) in [5, 5.41) is 13.1. The third-order valence-electron chi connectivity index (χ3n) is 7.80. The molecule has 194 valence electrons. The highest BCUT2D eigenvalue weighted by Gasteiger charge is 2.56. The fraction of sp³-hybridized carbons (Fsp3) is 0.429. The van der Waals surface area contributed by atoms with Crippen LogP contribution in [0.5, 0.6) is 0 Å². The van der Waals surface area contributed by atoms with Gasteiger partial charge in [-0.25, -0.2) is 14.5 Å². The zero-order valence-electron chi connectivity index (χ0n) is 20.7. The monoisotopic (exact) mass is 504 g/mol. The molecule has 5 rings (SSSR count). The number of rotatable bonds is 5. The first-order chi connectivity index (χ1) is 18.0. The third-order valence-corrected chi connectivity index (χ3v) is 7.80. The van der Waals surface area contributed by atoms with Crippen LogP contribution in [0, 0.1) is 11.8 Å². The quantitative estimate of drug-likeness (QED) is 0.606. The Morgan fingerprint density at radius 1 is 0.865 bits per heavy atom. The number of urea groups is 1. The van der Waals surface area contributed by atoms with Crippen LogP contribution in [0.1, 0.15) is 29.6 Å². The topological polar surface area (TPSA) is 110 Å². The summed E-state index contributed by atoms with van der Waals surface area (Å²) < 4.78 is 0. The second kappa shape index (κ2) is 10.7. The molecule has 0 unspecified atom stereocenters. The van der Waals surface area contributed by atoms with Gasteiger partial charge in [0.15, 0.2) is 6.04 Å². The molecule has 0 aliphatic carbocycles. The fourth-order valence-corrected chi connectivity index (χ4v) is 5.71. The Hall–Kier alpha value is -3.72. The summed E-state index contributed by atoms with van der Waals surface area (Å²) in [6, 6.07) is 15.5. The molecule has 2 N–H and O–H groups in total. The van der Waals surface area contributed by atoms with Crippen molar-refractivity contribution in [2.24, 2.45) is 11.8 Å². The molecule has 9 heteroatoms. The Labute approximate surface area is 216 Å². The van der Waals surface area contributed by atoms with Crippen molar-refractivity contribution < 1.29 is 24.3 Å². The van der Waals surface area contributed by atoms with E-state index in [0.29, 0.717) is 31.0 Å². The van der Waals surface area contributed by atoms with Crippen LogP contribution < -0.4 is 5.32 Å². The molecule has 3 aliphatic heterocycles. The third kappa shape index (κ3) is 4.96. The van der Waals surface area contributed by atoms with E-state index in [1.54, 1.807) is 11.0 Å². The first-order valence-corrected chi connectivity index (χ1v) is 12.9. The highest BCUT2D eigenvalue weighted by Crippen LogP contribution is 2.36. The van der Waals surface area contributed by atoms with E-state index < -0.39 is 29.9 Å². The first-order valence-electron chi connectivity index (χ1n) is 12.9. The largest absolute Gasteiger partial charge is 0.480 e. The zero-order valence-corrected chi connectivity index (χ0v) is 20.7. The number of carboxylic acid groups (broad SMARTS) is 1. The number of likely N-dealkylation sites (tertiary alicyclic amines) is 1. The second-order valence-corrected chi connectivity index (χ2v) is 10.0. The lowest BCUT2D eigenvalue weighted by Crippen LogP contribution is -2.69. The molecule has 3 aliphatic rings. The molecule has 0 bridgehead atoms. The summed E-state index contributed by atoms with van der Waals surface area (Å²) in [7, 11) is 0.